The molecule has 3 aromatic carbocycles. The third-order valence-electron chi connectivity index (χ3n) is 5.16. The number of rotatable bonds is 6. The number of halogens is 1. The molecule has 5 heteroatoms. The van der Waals surface area contributed by atoms with E-state index >= 15 is 0 Å². The number of nitrogens with zero attached hydrogens (tertiary/aromatic N) is 1. The highest BCUT2D eigenvalue weighted by atomic mass is 32.2. The van der Waals surface area contributed by atoms with E-state index < -0.39 is 0 Å². The topological polar surface area (TPSA) is 41.5 Å². The molecule has 0 saturated carbocycles. The molecule has 4 rings (SSSR count). The van der Waals surface area contributed by atoms with E-state index in [4.69, 9.17) is 4.99 Å². The molecule has 0 radical (unpaired) electrons. The normalized spacial score (nSPS) is 13.0. The summed E-state index contributed by atoms with van der Waals surface area (Å²) in [6.45, 7) is 6.09. The zero-order chi connectivity index (χ0) is 23.2. The van der Waals surface area contributed by atoms with Gasteiger partial charge in [0.25, 0.3) is 5.91 Å². The first-order valence-electron chi connectivity index (χ1n) is 10.6. The Morgan fingerprint density at radius 1 is 1.06 bits per heavy atom. The van der Waals surface area contributed by atoms with Crippen molar-refractivity contribution in [3.8, 4) is 0 Å². The van der Waals surface area contributed by atoms with E-state index in [0.717, 1.165) is 20.9 Å². The maximum atomic E-state index is 14.7. The minimum absolute atomic E-state index is 0.208. The summed E-state index contributed by atoms with van der Waals surface area (Å²) in [4.78, 5) is 19.6. The van der Waals surface area contributed by atoms with Crippen molar-refractivity contribution in [2.24, 2.45) is 4.99 Å². The van der Waals surface area contributed by atoms with E-state index in [1.807, 2.05) is 55.5 Å². The van der Waals surface area contributed by atoms with Crippen molar-refractivity contribution in [2.45, 2.75) is 16.7 Å². The first kappa shape index (κ1) is 22.5. The predicted molar refractivity (Wildman–Crippen MR) is 134 cm³/mol. The number of carbonyl (C=O) groups excluding carboxylic acids is 1. The molecule has 0 saturated heterocycles. The lowest BCUT2D eigenvalue weighted by atomic mass is 10.0. The van der Waals surface area contributed by atoms with Crippen LogP contribution in [0.15, 0.2) is 118 Å². The lowest BCUT2D eigenvalue weighted by Gasteiger charge is -2.09. The van der Waals surface area contributed by atoms with Gasteiger partial charge in [0.1, 0.15) is 5.82 Å². The van der Waals surface area contributed by atoms with Gasteiger partial charge in [0.05, 0.1) is 11.4 Å². The highest BCUT2D eigenvalue weighted by Crippen LogP contribution is 2.41. The molecule has 1 heterocycles. The zero-order valence-corrected chi connectivity index (χ0v) is 19.0. The van der Waals surface area contributed by atoms with Crippen LogP contribution in [0.3, 0.4) is 0 Å². The van der Waals surface area contributed by atoms with Gasteiger partial charge >= 0.3 is 0 Å². The minimum Gasteiger partial charge on any atom is -0.348 e. The molecule has 0 aliphatic carbocycles. The molecule has 0 atom stereocenters. The monoisotopic (exact) mass is 454 g/mol. The van der Waals surface area contributed by atoms with Gasteiger partial charge in [0.2, 0.25) is 0 Å². The van der Waals surface area contributed by atoms with Gasteiger partial charge in [-0.05, 0) is 48.9 Å². The molecule has 0 fully saturated rings. The molecule has 3 nitrogen and oxygen atoms in total. The summed E-state index contributed by atoms with van der Waals surface area (Å²) in [6.07, 6.45) is 7.44. The number of allylic oxidation sites excluding steroid dienone is 3. The lowest BCUT2D eigenvalue weighted by molar-refractivity contribution is 0.0957. The Labute approximate surface area is 197 Å². The molecule has 1 amide bonds. The first-order chi connectivity index (χ1) is 16.1. The quantitative estimate of drug-likeness (QED) is 0.323. The van der Waals surface area contributed by atoms with Crippen molar-refractivity contribution in [1.82, 2.24) is 5.32 Å². The Kier molecular flexibility index (Phi) is 7.01. The van der Waals surface area contributed by atoms with Crippen LogP contribution in [0.25, 0.3) is 0 Å². The lowest BCUT2D eigenvalue weighted by Crippen LogP contribution is -2.25. The van der Waals surface area contributed by atoms with Crippen molar-refractivity contribution in [3.05, 3.63) is 126 Å². The third kappa shape index (κ3) is 5.04. The fourth-order valence-corrected chi connectivity index (χ4v) is 4.45. The number of carbonyl (C=O) groups is 1. The summed E-state index contributed by atoms with van der Waals surface area (Å²) < 4.78 is 14.7. The number of hydrogen-bond acceptors (Lipinski definition) is 3. The Bertz CT molecular complexity index is 1310. The molecule has 1 N–H and O–H groups in total. The van der Waals surface area contributed by atoms with Crippen LogP contribution in [0, 0.1) is 5.82 Å². The van der Waals surface area contributed by atoms with Gasteiger partial charge in [-0.3, -0.25) is 4.79 Å². The van der Waals surface area contributed by atoms with Crippen LogP contribution in [-0.4, -0.2) is 18.2 Å². The van der Waals surface area contributed by atoms with Gasteiger partial charge in [-0.25, -0.2) is 9.38 Å². The summed E-state index contributed by atoms with van der Waals surface area (Å²) in [5.41, 5.74) is 3.87. The summed E-state index contributed by atoms with van der Waals surface area (Å²) in [5, 5.41) is 2.92. The van der Waals surface area contributed by atoms with Crippen molar-refractivity contribution in [1.29, 1.82) is 0 Å². The number of fused-ring (bicyclic) bond motifs is 2. The Morgan fingerprint density at radius 3 is 2.58 bits per heavy atom. The van der Waals surface area contributed by atoms with Gasteiger partial charge in [-0.2, -0.15) is 0 Å². The van der Waals surface area contributed by atoms with E-state index in [1.54, 1.807) is 48.2 Å². The highest BCUT2D eigenvalue weighted by molar-refractivity contribution is 7.99. The fraction of sp³-hybridized carbons (Fsp3) is 0.0714. The molecule has 0 bridgehead atoms. The van der Waals surface area contributed by atoms with Gasteiger partial charge < -0.3 is 5.32 Å². The predicted octanol–water partition coefficient (Wildman–Crippen LogP) is 6.88. The van der Waals surface area contributed by atoms with Crippen LogP contribution in [-0.2, 0) is 0 Å². The van der Waals surface area contributed by atoms with E-state index in [0.29, 0.717) is 29.1 Å². The van der Waals surface area contributed by atoms with E-state index in [2.05, 4.69) is 11.9 Å². The second-order valence-electron chi connectivity index (χ2n) is 7.38. The van der Waals surface area contributed by atoms with Crippen LogP contribution < -0.4 is 5.32 Å². The molecule has 164 valence electrons. The van der Waals surface area contributed by atoms with Crippen molar-refractivity contribution < 1.29 is 9.18 Å². The first-order valence-corrected chi connectivity index (χ1v) is 11.4. The average Bonchev–Trinajstić information content (AvgIpc) is 3.00. The number of benzene rings is 3. The van der Waals surface area contributed by atoms with Crippen LogP contribution in [0.5, 0.6) is 0 Å². The van der Waals surface area contributed by atoms with Crippen LogP contribution in [0.1, 0.15) is 28.4 Å². The minimum atomic E-state index is -0.335. The number of nitrogens with one attached hydrogen (secondary N) is 1. The van der Waals surface area contributed by atoms with Crippen LogP contribution >= 0.6 is 11.8 Å². The zero-order valence-electron chi connectivity index (χ0n) is 18.2. The molecule has 0 spiro atoms. The van der Waals surface area contributed by atoms with E-state index in [-0.39, 0.29) is 11.7 Å². The molecule has 3 aromatic rings. The van der Waals surface area contributed by atoms with E-state index in [9.17, 15) is 9.18 Å². The SMILES string of the molecule is C=C/C(=C\C=C/C)CNC(=O)c1ccc2c(c1)N=C(c1ccccc1F)c1ccccc1S2. The molecule has 0 unspecified atom stereocenters. The summed E-state index contributed by atoms with van der Waals surface area (Å²) >= 11 is 1.56. The average molecular weight is 455 g/mol. The maximum absolute atomic E-state index is 14.7. The highest BCUT2D eigenvalue weighted by Gasteiger charge is 2.21. The smallest absolute Gasteiger partial charge is 0.251 e. The van der Waals surface area contributed by atoms with Crippen LogP contribution in [0.4, 0.5) is 10.1 Å². The maximum Gasteiger partial charge on any atom is 0.251 e. The molecular weight excluding hydrogens is 431 g/mol. The summed E-state index contributed by atoms with van der Waals surface area (Å²) in [7, 11) is 0. The van der Waals surface area contributed by atoms with Crippen molar-refractivity contribution >= 4 is 29.1 Å². The standard InChI is InChI=1S/C28H23FN2OS/c1-3-5-10-19(4-2)18-30-28(32)20-15-16-26-24(17-20)31-27(21-11-6-8-13-23(21)29)22-12-7-9-14-25(22)33-26/h3-17H,2,18H2,1H3,(H,30,32)/b5-3-,19-10+. The molecule has 1 aliphatic rings. The third-order valence-corrected chi connectivity index (χ3v) is 6.30. The number of amides is 1. The van der Waals surface area contributed by atoms with Gasteiger partial charge in [-0.1, -0.05) is 73.0 Å². The number of aliphatic imine (C=N–C) groups is 1. The summed E-state index contributed by atoms with van der Waals surface area (Å²) in [5.74, 6) is -0.543. The Morgan fingerprint density at radius 2 is 1.82 bits per heavy atom. The number of hydrogen-bond donors (Lipinski definition) is 1. The molecule has 0 aromatic heterocycles. The van der Waals surface area contributed by atoms with Crippen LogP contribution in [0.2, 0.25) is 0 Å². The van der Waals surface area contributed by atoms with Crippen molar-refractivity contribution in [2.75, 3.05) is 6.54 Å². The largest absolute Gasteiger partial charge is 0.348 e. The Hall–Kier alpha value is -3.70. The molecule has 1 aliphatic heterocycles. The van der Waals surface area contributed by atoms with Crippen molar-refractivity contribution in [3.63, 3.8) is 0 Å². The van der Waals surface area contributed by atoms with Gasteiger partial charge in [0.15, 0.2) is 0 Å². The Balaban J connectivity index is 1.72. The van der Waals surface area contributed by atoms with E-state index in [1.165, 1.54) is 6.07 Å². The molecule has 33 heavy (non-hydrogen) atoms. The second-order valence-corrected chi connectivity index (χ2v) is 8.46. The summed E-state index contributed by atoms with van der Waals surface area (Å²) in [6, 6.07) is 19.9. The fourth-order valence-electron chi connectivity index (χ4n) is 3.44. The second kappa shape index (κ2) is 10.3. The van der Waals surface area contributed by atoms with Gasteiger partial charge in [0, 0.05) is 33.0 Å². The van der Waals surface area contributed by atoms with Gasteiger partial charge in [-0.15, -0.1) is 0 Å². The molecular formula is C28H23FN2OS.